The fourth-order valence-electron chi connectivity index (χ4n) is 3.17. The molecule has 0 aliphatic carbocycles. The summed E-state index contributed by atoms with van der Waals surface area (Å²) in [5.74, 6) is 0.507. The predicted molar refractivity (Wildman–Crippen MR) is 92.6 cm³/mol. The van der Waals surface area contributed by atoms with Crippen molar-refractivity contribution in [2.24, 2.45) is 0 Å². The van der Waals surface area contributed by atoms with Gasteiger partial charge in [-0.25, -0.2) is 15.0 Å². The number of fused-ring (bicyclic) bond motifs is 1. The Morgan fingerprint density at radius 2 is 2.08 bits per heavy atom. The van der Waals surface area contributed by atoms with Crippen molar-refractivity contribution in [3.8, 4) is 0 Å². The molecule has 1 aliphatic heterocycles. The maximum Gasteiger partial charge on any atom is 0.258 e. The molecule has 8 heteroatoms. The molecule has 0 N–H and O–H groups in total. The molecule has 1 atom stereocenters. The van der Waals surface area contributed by atoms with E-state index in [0.717, 1.165) is 5.69 Å². The Balaban J connectivity index is 1.65. The van der Waals surface area contributed by atoms with Crippen molar-refractivity contribution in [1.82, 2.24) is 25.0 Å². The summed E-state index contributed by atoms with van der Waals surface area (Å²) in [6.45, 7) is 6.88. The largest absolute Gasteiger partial charge is 0.367 e. The molecule has 1 amide bonds. The zero-order valence-corrected chi connectivity index (χ0v) is 14.9. The van der Waals surface area contributed by atoms with E-state index < -0.39 is 0 Å². The summed E-state index contributed by atoms with van der Waals surface area (Å²) in [4.78, 5) is 28.0. The number of rotatable bonds is 2. The van der Waals surface area contributed by atoms with Crippen LogP contribution in [0.15, 0.2) is 22.9 Å². The van der Waals surface area contributed by atoms with Crippen molar-refractivity contribution in [3.05, 3.63) is 46.8 Å². The second-order valence-corrected chi connectivity index (χ2v) is 6.43. The van der Waals surface area contributed by atoms with E-state index >= 15 is 0 Å². The number of aryl methyl sites for hydroxylation is 3. The van der Waals surface area contributed by atoms with Crippen LogP contribution in [0.1, 0.15) is 39.4 Å². The van der Waals surface area contributed by atoms with Crippen LogP contribution in [0.25, 0.3) is 11.1 Å². The maximum atomic E-state index is 13.2. The van der Waals surface area contributed by atoms with Crippen LogP contribution in [0, 0.1) is 20.8 Å². The molecule has 1 aliphatic rings. The highest BCUT2D eigenvalue weighted by atomic mass is 16.5. The lowest BCUT2D eigenvalue weighted by atomic mass is 10.1. The van der Waals surface area contributed by atoms with E-state index in [2.05, 4.69) is 20.1 Å². The minimum Gasteiger partial charge on any atom is -0.367 e. The molecular formula is C18H19N5O3. The van der Waals surface area contributed by atoms with Gasteiger partial charge in [0.2, 0.25) is 0 Å². The highest BCUT2D eigenvalue weighted by Gasteiger charge is 2.30. The topological polar surface area (TPSA) is 94.2 Å². The van der Waals surface area contributed by atoms with Crippen LogP contribution in [0.4, 0.5) is 0 Å². The molecule has 26 heavy (non-hydrogen) atoms. The fraction of sp³-hybridized carbons (Fsp3) is 0.389. The quantitative estimate of drug-likeness (QED) is 0.696. The van der Waals surface area contributed by atoms with Gasteiger partial charge in [-0.05, 0) is 32.9 Å². The molecular weight excluding hydrogens is 334 g/mol. The lowest BCUT2D eigenvalue weighted by Gasteiger charge is -2.32. The molecule has 8 nitrogen and oxygen atoms in total. The number of hydrogen-bond acceptors (Lipinski definition) is 7. The number of carbonyl (C=O) groups excluding carboxylic acids is 1. The molecule has 0 saturated carbocycles. The Morgan fingerprint density at radius 3 is 2.88 bits per heavy atom. The smallest absolute Gasteiger partial charge is 0.258 e. The SMILES string of the molecule is Cc1ccnc(C2CN(C(=O)c3cc(C)nc4onc(C)c34)CCO2)n1. The van der Waals surface area contributed by atoms with E-state index in [1.807, 2.05) is 26.8 Å². The van der Waals surface area contributed by atoms with Crippen LogP contribution >= 0.6 is 0 Å². The lowest BCUT2D eigenvalue weighted by molar-refractivity contribution is -0.0268. The van der Waals surface area contributed by atoms with Gasteiger partial charge in [-0.3, -0.25) is 4.79 Å². The molecule has 1 fully saturated rings. The lowest BCUT2D eigenvalue weighted by Crippen LogP contribution is -2.42. The standard InChI is InChI=1S/C18H19N5O3/c1-10-4-5-19-16(20-10)14-9-23(6-7-25-14)18(24)13-8-11(2)21-17-15(13)12(3)22-26-17/h4-5,8,14H,6-7,9H2,1-3H3. The molecule has 0 bridgehead atoms. The zero-order chi connectivity index (χ0) is 18.3. The van der Waals surface area contributed by atoms with E-state index in [0.29, 0.717) is 53.6 Å². The Bertz CT molecular complexity index is 984. The third-order valence-electron chi connectivity index (χ3n) is 4.43. The molecule has 1 saturated heterocycles. The van der Waals surface area contributed by atoms with Gasteiger partial charge >= 0.3 is 0 Å². The first kappa shape index (κ1) is 16.6. The summed E-state index contributed by atoms with van der Waals surface area (Å²) < 4.78 is 11.0. The Hall–Kier alpha value is -2.87. The monoisotopic (exact) mass is 353 g/mol. The third kappa shape index (κ3) is 2.92. The molecule has 0 radical (unpaired) electrons. The average Bonchev–Trinajstić information content (AvgIpc) is 3.01. The third-order valence-corrected chi connectivity index (χ3v) is 4.43. The van der Waals surface area contributed by atoms with Crippen molar-refractivity contribution in [2.45, 2.75) is 26.9 Å². The predicted octanol–water partition coefficient (Wildman–Crippen LogP) is 2.15. The minimum atomic E-state index is -0.338. The first-order valence-electron chi connectivity index (χ1n) is 8.47. The Labute approximate surface area is 150 Å². The number of aromatic nitrogens is 4. The van der Waals surface area contributed by atoms with Crippen molar-refractivity contribution in [1.29, 1.82) is 0 Å². The normalized spacial score (nSPS) is 17.7. The average molecular weight is 353 g/mol. The summed E-state index contributed by atoms with van der Waals surface area (Å²) in [6, 6.07) is 3.61. The molecule has 0 spiro atoms. The summed E-state index contributed by atoms with van der Waals surface area (Å²) in [6.07, 6.45) is 1.37. The molecule has 4 heterocycles. The first-order chi connectivity index (χ1) is 12.5. The highest BCUT2D eigenvalue weighted by molar-refractivity contribution is 6.06. The van der Waals surface area contributed by atoms with Gasteiger partial charge < -0.3 is 14.2 Å². The number of carbonyl (C=O) groups is 1. The van der Waals surface area contributed by atoms with Crippen LogP contribution in [0.3, 0.4) is 0 Å². The van der Waals surface area contributed by atoms with Crippen molar-refractivity contribution >= 4 is 17.0 Å². The molecule has 4 rings (SSSR count). The summed E-state index contributed by atoms with van der Waals surface area (Å²) >= 11 is 0. The number of ether oxygens (including phenoxy) is 1. The van der Waals surface area contributed by atoms with Crippen LogP contribution in [-0.4, -0.2) is 50.6 Å². The van der Waals surface area contributed by atoms with Gasteiger partial charge in [0, 0.05) is 24.1 Å². The number of nitrogens with zero attached hydrogens (tertiary/aromatic N) is 5. The van der Waals surface area contributed by atoms with E-state index in [1.165, 1.54) is 0 Å². The van der Waals surface area contributed by atoms with Gasteiger partial charge in [-0.1, -0.05) is 5.16 Å². The molecule has 3 aromatic rings. The fourth-order valence-corrected chi connectivity index (χ4v) is 3.17. The summed E-state index contributed by atoms with van der Waals surface area (Å²) in [5, 5.41) is 4.61. The van der Waals surface area contributed by atoms with Crippen LogP contribution < -0.4 is 0 Å². The summed E-state index contributed by atoms with van der Waals surface area (Å²) in [7, 11) is 0. The second kappa shape index (κ2) is 6.45. The van der Waals surface area contributed by atoms with Gasteiger partial charge in [-0.15, -0.1) is 0 Å². The zero-order valence-electron chi connectivity index (χ0n) is 14.9. The molecule has 3 aromatic heterocycles. The second-order valence-electron chi connectivity index (χ2n) is 6.43. The Morgan fingerprint density at radius 1 is 1.23 bits per heavy atom. The molecule has 0 aromatic carbocycles. The van der Waals surface area contributed by atoms with Crippen molar-refractivity contribution in [3.63, 3.8) is 0 Å². The number of hydrogen-bond donors (Lipinski definition) is 0. The number of pyridine rings is 1. The van der Waals surface area contributed by atoms with E-state index in [1.54, 1.807) is 17.2 Å². The van der Waals surface area contributed by atoms with E-state index in [4.69, 9.17) is 9.26 Å². The number of morpholine rings is 1. The molecule has 1 unspecified atom stereocenters. The maximum absolute atomic E-state index is 13.2. The molecule has 134 valence electrons. The van der Waals surface area contributed by atoms with Crippen LogP contribution in [0.2, 0.25) is 0 Å². The van der Waals surface area contributed by atoms with Crippen LogP contribution in [-0.2, 0) is 4.74 Å². The van der Waals surface area contributed by atoms with Gasteiger partial charge in [0.05, 0.1) is 29.8 Å². The highest BCUT2D eigenvalue weighted by Crippen LogP contribution is 2.26. The summed E-state index contributed by atoms with van der Waals surface area (Å²) in [5.41, 5.74) is 3.18. The Kier molecular flexibility index (Phi) is 4.12. The van der Waals surface area contributed by atoms with E-state index in [-0.39, 0.29) is 12.0 Å². The minimum absolute atomic E-state index is 0.0900. The van der Waals surface area contributed by atoms with Gasteiger partial charge in [-0.2, -0.15) is 0 Å². The van der Waals surface area contributed by atoms with E-state index in [9.17, 15) is 4.79 Å². The van der Waals surface area contributed by atoms with Crippen molar-refractivity contribution in [2.75, 3.05) is 19.7 Å². The van der Waals surface area contributed by atoms with Gasteiger partial charge in [0.15, 0.2) is 5.82 Å². The van der Waals surface area contributed by atoms with Gasteiger partial charge in [0.1, 0.15) is 6.10 Å². The first-order valence-corrected chi connectivity index (χ1v) is 8.47. The van der Waals surface area contributed by atoms with Crippen LogP contribution in [0.5, 0.6) is 0 Å². The van der Waals surface area contributed by atoms with Gasteiger partial charge in [0.25, 0.3) is 11.6 Å². The number of amides is 1. The van der Waals surface area contributed by atoms with Crippen molar-refractivity contribution < 1.29 is 14.1 Å².